The van der Waals surface area contributed by atoms with Crippen LogP contribution >= 0.6 is 11.8 Å². The van der Waals surface area contributed by atoms with Gasteiger partial charge in [0.2, 0.25) is 0 Å². The Morgan fingerprint density at radius 2 is 2.10 bits per heavy atom. The molecule has 3 heteroatoms. The van der Waals surface area contributed by atoms with Crippen LogP contribution in [-0.4, -0.2) is 17.5 Å². The minimum Gasteiger partial charge on any atom is -0.309 e. The predicted molar refractivity (Wildman–Crippen MR) is 84.8 cm³/mol. The first-order chi connectivity index (χ1) is 9.72. The summed E-state index contributed by atoms with van der Waals surface area (Å²) >= 11 is 2.04. The van der Waals surface area contributed by atoms with E-state index in [0.717, 1.165) is 19.4 Å². The van der Waals surface area contributed by atoms with Gasteiger partial charge in [0.05, 0.1) is 0 Å². The molecule has 0 radical (unpaired) electrons. The van der Waals surface area contributed by atoms with Gasteiger partial charge < -0.3 is 5.32 Å². The minimum atomic E-state index is -0.0998. The molecule has 2 aliphatic carbocycles. The van der Waals surface area contributed by atoms with Gasteiger partial charge in [-0.1, -0.05) is 25.3 Å². The molecule has 0 bridgehead atoms. The Morgan fingerprint density at radius 3 is 2.85 bits per heavy atom. The van der Waals surface area contributed by atoms with E-state index in [4.69, 9.17) is 0 Å². The summed E-state index contributed by atoms with van der Waals surface area (Å²) in [5, 5.41) is 3.78. The number of aryl methyl sites for hydroxylation is 1. The molecule has 2 aliphatic rings. The fourth-order valence-electron chi connectivity index (χ4n) is 3.76. The number of thioether (sulfide) groups is 1. The third-order valence-electron chi connectivity index (χ3n) is 5.05. The van der Waals surface area contributed by atoms with Crippen molar-refractivity contribution in [2.75, 3.05) is 12.8 Å². The zero-order valence-corrected chi connectivity index (χ0v) is 13.1. The van der Waals surface area contributed by atoms with Crippen molar-refractivity contribution in [3.05, 3.63) is 35.1 Å². The zero-order valence-electron chi connectivity index (χ0n) is 12.3. The molecule has 1 N–H and O–H groups in total. The highest BCUT2D eigenvalue weighted by molar-refractivity contribution is 8.00. The quantitative estimate of drug-likeness (QED) is 0.879. The molecule has 0 aromatic heterocycles. The Kier molecular flexibility index (Phi) is 4.37. The largest absolute Gasteiger partial charge is 0.309 e. The van der Waals surface area contributed by atoms with E-state index < -0.39 is 0 Å². The number of nitrogens with one attached hydrogen (secondary N) is 1. The van der Waals surface area contributed by atoms with Crippen LogP contribution in [0.4, 0.5) is 4.39 Å². The third kappa shape index (κ3) is 2.89. The van der Waals surface area contributed by atoms with Crippen LogP contribution < -0.4 is 5.32 Å². The summed E-state index contributed by atoms with van der Waals surface area (Å²) in [7, 11) is 0. The molecular formula is C17H24FNS. The second-order valence-corrected chi connectivity index (χ2v) is 7.54. The molecule has 1 fully saturated rings. The molecule has 0 saturated heterocycles. The van der Waals surface area contributed by atoms with Crippen molar-refractivity contribution >= 4 is 11.8 Å². The molecule has 1 nitrogen and oxygen atoms in total. The molecule has 1 unspecified atom stereocenters. The molecule has 1 atom stereocenters. The van der Waals surface area contributed by atoms with E-state index in [2.05, 4.69) is 11.6 Å². The van der Waals surface area contributed by atoms with Crippen molar-refractivity contribution < 1.29 is 4.39 Å². The molecule has 0 heterocycles. The Morgan fingerprint density at radius 1 is 1.30 bits per heavy atom. The second-order valence-electron chi connectivity index (χ2n) is 6.26. The van der Waals surface area contributed by atoms with Crippen molar-refractivity contribution in [1.82, 2.24) is 5.32 Å². The van der Waals surface area contributed by atoms with Gasteiger partial charge in [-0.25, -0.2) is 4.39 Å². The van der Waals surface area contributed by atoms with Crippen LogP contribution in [0.5, 0.6) is 0 Å². The summed E-state index contributed by atoms with van der Waals surface area (Å²) in [5.41, 5.74) is 2.52. The number of halogens is 1. The van der Waals surface area contributed by atoms with E-state index in [1.54, 1.807) is 12.1 Å². The van der Waals surface area contributed by atoms with E-state index in [9.17, 15) is 4.39 Å². The molecule has 0 aliphatic heterocycles. The molecule has 1 aromatic carbocycles. The topological polar surface area (TPSA) is 12.0 Å². The summed E-state index contributed by atoms with van der Waals surface area (Å²) < 4.78 is 13.7. The molecular weight excluding hydrogens is 269 g/mol. The average Bonchev–Trinajstić information content (AvgIpc) is 2.88. The Bertz CT molecular complexity index is 468. The van der Waals surface area contributed by atoms with Crippen molar-refractivity contribution in [3.63, 3.8) is 0 Å². The first-order valence-electron chi connectivity index (χ1n) is 7.79. The van der Waals surface area contributed by atoms with E-state index in [0.29, 0.717) is 10.8 Å². The summed E-state index contributed by atoms with van der Waals surface area (Å²) in [6.07, 6.45) is 11.2. The van der Waals surface area contributed by atoms with Crippen LogP contribution in [0.3, 0.4) is 0 Å². The first-order valence-corrected chi connectivity index (χ1v) is 9.02. The lowest BCUT2D eigenvalue weighted by Crippen LogP contribution is -2.40. The second kappa shape index (κ2) is 6.07. The highest BCUT2D eigenvalue weighted by Crippen LogP contribution is 2.39. The van der Waals surface area contributed by atoms with Gasteiger partial charge in [0.1, 0.15) is 5.82 Å². The fraction of sp³-hybridized carbons (Fsp3) is 0.647. The van der Waals surface area contributed by atoms with E-state index in [-0.39, 0.29) is 5.82 Å². The van der Waals surface area contributed by atoms with Gasteiger partial charge in [-0.2, -0.15) is 11.8 Å². The molecule has 0 amide bonds. The maximum absolute atomic E-state index is 13.3. The SMILES string of the molecule is CSC1(CNC2CCc3cc(F)ccc32)CCCCC1. The minimum absolute atomic E-state index is 0.0998. The van der Waals surface area contributed by atoms with Crippen molar-refractivity contribution in [2.24, 2.45) is 0 Å². The van der Waals surface area contributed by atoms with Crippen LogP contribution in [0.2, 0.25) is 0 Å². The highest BCUT2D eigenvalue weighted by atomic mass is 32.2. The normalized spacial score (nSPS) is 24.6. The summed E-state index contributed by atoms with van der Waals surface area (Å²) in [6.45, 7) is 1.09. The fourth-order valence-corrected chi connectivity index (χ4v) is 4.68. The van der Waals surface area contributed by atoms with Crippen LogP contribution in [0.1, 0.15) is 55.7 Å². The number of benzene rings is 1. The summed E-state index contributed by atoms with van der Waals surface area (Å²) in [4.78, 5) is 0. The van der Waals surface area contributed by atoms with Crippen LogP contribution in [-0.2, 0) is 6.42 Å². The smallest absolute Gasteiger partial charge is 0.123 e. The first kappa shape index (κ1) is 14.4. The molecule has 20 heavy (non-hydrogen) atoms. The number of rotatable bonds is 4. The van der Waals surface area contributed by atoms with Gasteiger partial charge in [0, 0.05) is 17.3 Å². The van der Waals surface area contributed by atoms with E-state index >= 15 is 0 Å². The molecule has 3 rings (SSSR count). The van der Waals surface area contributed by atoms with Crippen LogP contribution in [0, 0.1) is 5.82 Å². The molecule has 1 saturated carbocycles. The Labute approximate surface area is 125 Å². The van der Waals surface area contributed by atoms with Gasteiger partial charge in [-0.15, -0.1) is 0 Å². The number of hydrogen-bond donors (Lipinski definition) is 1. The van der Waals surface area contributed by atoms with Crippen LogP contribution in [0.25, 0.3) is 0 Å². The summed E-state index contributed by atoms with van der Waals surface area (Å²) in [6, 6.07) is 5.71. The maximum Gasteiger partial charge on any atom is 0.123 e. The molecule has 0 spiro atoms. The Balaban J connectivity index is 1.65. The van der Waals surface area contributed by atoms with Crippen molar-refractivity contribution in [1.29, 1.82) is 0 Å². The van der Waals surface area contributed by atoms with Crippen LogP contribution in [0.15, 0.2) is 18.2 Å². The van der Waals surface area contributed by atoms with Crippen molar-refractivity contribution in [2.45, 2.75) is 55.7 Å². The Hall–Kier alpha value is -0.540. The van der Waals surface area contributed by atoms with Crippen molar-refractivity contribution in [3.8, 4) is 0 Å². The standard InChI is InChI=1S/C17H24FNS/c1-20-17(9-3-2-4-10-17)12-19-16-8-5-13-11-14(18)6-7-15(13)16/h6-7,11,16,19H,2-5,8-10,12H2,1H3. The average molecular weight is 293 g/mol. The van der Waals surface area contributed by atoms with Gasteiger partial charge >= 0.3 is 0 Å². The predicted octanol–water partition coefficient (Wildman–Crippen LogP) is 4.47. The van der Waals surface area contributed by atoms with E-state index in [1.165, 1.54) is 43.2 Å². The van der Waals surface area contributed by atoms with Gasteiger partial charge in [0.25, 0.3) is 0 Å². The molecule has 110 valence electrons. The summed E-state index contributed by atoms with van der Waals surface area (Å²) in [5.74, 6) is -0.0998. The lowest BCUT2D eigenvalue weighted by Gasteiger charge is -2.37. The lowest BCUT2D eigenvalue weighted by molar-refractivity contribution is 0.362. The highest BCUT2D eigenvalue weighted by Gasteiger charge is 2.32. The monoisotopic (exact) mass is 293 g/mol. The van der Waals surface area contributed by atoms with Gasteiger partial charge in [-0.3, -0.25) is 0 Å². The van der Waals surface area contributed by atoms with E-state index in [1.807, 2.05) is 17.8 Å². The van der Waals surface area contributed by atoms with Gasteiger partial charge in [0.15, 0.2) is 0 Å². The maximum atomic E-state index is 13.3. The molecule has 1 aromatic rings. The number of hydrogen-bond acceptors (Lipinski definition) is 2. The third-order valence-corrected chi connectivity index (χ3v) is 6.47. The van der Waals surface area contributed by atoms with Gasteiger partial charge in [-0.05, 0) is 55.2 Å². The zero-order chi connectivity index (χ0) is 14.0. The number of fused-ring (bicyclic) bond motifs is 1. The lowest BCUT2D eigenvalue weighted by atomic mass is 9.88.